The van der Waals surface area contributed by atoms with Gasteiger partial charge in [-0.15, -0.1) is 0 Å². The smallest absolute Gasteiger partial charge is 0.244 e. The Kier molecular flexibility index (Phi) is 6.40. The zero-order valence-corrected chi connectivity index (χ0v) is 14.3. The number of anilines is 1. The average Bonchev–Trinajstić information content (AvgIpc) is 2.54. The largest absolute Gasteiger partial charge is 0.487 e. The van der Waals surface area contributed by atoms with Crippen LogP contribution in [0.2, 0.25) is 10.0 Å². The average molecular weight is 368 g/mol. The van der Waals surface area contributed by atoms with Gasteiger partial charge in [0.15, 0.2) is 0 Å². The molecule has 0 atom stereocenters. The Morgan fingerprint density at radius 1 is 1.17 bits per heavy atom. The number of halogens is 2. The zero-order chi connectivity index (χ0) is 17.5. The number of benzene rings is 1. The van der Waals surface area contributed by atoms with Crippen LogP contribution in [0.4, 0.5) is 5.82 Å². The van der Waals surface area contributed by atoms with E-state index in [9.17, 15) is 9.59 Å². The molecule has 0 saturated carbocycles. The Morgan fingerprint density at radius 2 is 1.88 bits per heavy atom. The molecular weight excluding hydrogens is 353 g/mol. The van der Waals surface area contributed by atoms with Crippen LogP contribution in [0, 0.1) is 0 Å². The van der Waals surface area contributed by atoms with Crippen LogP contribution in [-0.4, -0.2) is 23.3 Å². The van der Waals surface area contributed by atoms with Gasteiger partial charge in [0.2, 0.25) is 11.8 Å². The van der Waals surface area contributed by atoms with E-state index in [1.54, 1.807) is 30.3 Å². The maximum atomic E-state index is 11.6. The van der Waals surface area contributed by atoms with Crippen molar-refractivity contribution >= 4 is 40.8 Å². The van der Waals surface area contributed by atoms with Crippen LogP contribution in [0.25, 0.3) is 0 Å². The van der Waals surface area contributed by atoms with Crippen LogP contribution in [0.5, 0.6) is 5.75 Å². The maximum Gasteiger partial charge on any atom is 0.244 e. The van der Waals surface area contributed by atoms with Crippen molar-refractivity contribution in [2.24, 2.45) is 0 Å². The summed E-state index contributed by atoms with van der Waals surface area (Å²) in [4.78, 5) is 26.4. The van der Waals surface area contributed by atoms with Crippen LogP contribution in [0.3, 0.4) is 0 Å². The second-order valence-corrected chi connectivity index (χ2v) is 5.64. The predicted molar refractivity (Wildman–Crippen MR) is 92.3 cm³/mol. The SMILES string of the molecule is CC(=O)NCC(=O)Nc1ccc(OCc2c(Cl)cccc2Cl)cn1. The van der Waals surface area contributed by atoms with Crippen LogP contribution in [0.1, 0.15) is 12.5 Å². The molecule has 0 saturated heterocycles. The van der Waals surface area contributed by atoms with Crippen molar-refractivity contribution in [2.75, 3.05) is 11.9 Å². The van der Waals surface area contributed by atoms with Gasteiger partial charge in [0.1, 0.15) is 18.2 Å². The molecule has 0 aliphatic carbocycles. The first-order valence-electron chi connectivity index (χ1n) is 7.01. The summed E-state index contributed by atoms with van der Waals surface area (Å²) in [5.41, 5.74) is 0.688. The van der Waals surface area contributed by atoms with Crippen LogP contribution >= 0.6 is 23.2 Å². The highest BCUT2D eigenvalue weighted by molar-refractivity contribution is 6.35. The zero-order valence-electron chi connectivity index (χ0n) is 12.8. The number of carbonyl (C=O) groups is 2. The fourth-order valence-electron chi connectivity index (χ4n) is 1.76. The molecule has 8 heteroatoms. The summed E-state index contributed by atoms with van der Waals surface area (Å²) in [6.45, 7) is 1.43. The van der Waals surface area contributed by atoms with E-state index < -0.39 is 0 Å². The van der Waals surface area contributed by atoms with Crippen LogP contribution < -0.4 is 15.4 Å². The number of rotatable bonds is 6. The standard InChI is InChI=1S/C16H15Cl2N3O3/c1-10(22)19-8-16(23)21-15-6-5-11(7-20-15)24-9-12-13(17)3-2-4-14(12)18/h2-7H,8-9H2,1H3,(H,19,22)(H,20,21,23). The third-order valence-corrected chi connectivity index (χ3v) is 3.65. The number of pyridine rings is 1. The molecule has 24 heavy (non-hydrogen) atoms. The monoisotopic (exact) mass is 367 g/mol. The second-order valence-electron chi connectivity index (χ2n) is 4.83. The lowest BCUT2D eigenvalue weighted by Gasteiger charge is -2.10. The van der Waals surface area contributed by atoms with Gasteiger partial charge in [-0.3, -0.25) is 9.59 Å². The lowest BCUT2D eigenvalue weighted by atomic mass is 10.2. The number of hydrogen-bond donors (Lipinski definition) is 2. The van der Waals surface area contributed by atoms with E-state index in [0.717, 1.165) is 0 Å². The summed E-state index contributed by atoms with van der Waals surface area (Å²) in [5.74, 6) is 0.216. The minimum atomic E-state index is -0.366. The van der Waals surface area contributed by atoms with Gasteiger partial charge in [-0.05, 0) is 24.3 Å². The molecule has 1 aromatic carbocycles. The highest BCUT2D eigenvalue weighted by Crippen LogP contribution is 2.25. The van der Waals surface area contributed by atoms with Crippen molar-refractivity contribution in [3.63, 3.8) is 0 Å². The van der Waals surface area contributed by atoms with Gasteiger partial charge in [-0.2, -0.15) is 0 Å². The van der Waals surface area contributed by atoms with E-state index >= 15 is 0 Å². The molecule has 2 rings (SSSR count). The molecule has 2 amide bonds. The Bertz CT molecular complexity index is 716. The third kappa shape index (κ3) is 5.40. The Labute approximate surface area is 149 Å². The van der Waals surface area contributed by atoms with Gasteiger partial charge in [0.25, 0.3) is 0 Å². The number of nitrogens with zero attached hydrogens (tertiary/aromatic N) is 1. The molecule has 2 N–H and O–H groups in total. The van der Waals surface area contributed by atoms with Gasteiger partial charge in [0.05, 0.1) is 12.7 Å². The number of carbonyl (C=O) groups excluding carboxylic acids is 2. The fraction of sp³-hybridized carbons (Fsp3) is 0.188. The third-order valence-electron chi connectivity index (χ3n) is 2.95. The van der Waals surface area contributed by atoms with Crippen LogP contribution in [-0.2, 0) is 16.2 Å². The number of amides is 2. The molecule has 0 spiro atoms. The van der Waals surface area contributed by atoms with Gasteiger partial charge < -0.3 is 15.4 Å². The van der Waals surface area contributed by atoms with Gasteiger partial charge in [-0.25, -0.2) is 4.98 Å². The number of hydrogen-bond acceptors (Lipinski definition) is 4. The molecule has 0 radical (unpaired) electrons. The summed E-state index contributed by atoms with van der Waals surface area (Å²) in [7, 11) is 0. The lowest BCUT2D eigenvalue weighted by molar-refractivity contribution is -0.122. The van der Waals surface area contributed by atoms with E-state index in [1.807, 2.05) is 0 Å². The molecule has 0 unspecified atom stereocenters. The van der Waals surface area contributed by atoms with Crippen molar-refractivity contribution in [1.82, 2.24) is 10.3 Å². The lowest BCUT2D eigenvalue weighted by Crippen LogP contribution is -2.31. The quantitative estimate of drug-likeness (QED) is 0.821. The van der Waals surface area contributed by atoms with Gasteiger partial charge in [0, 0.05) is 22.5 Å². The molecule has 0 aliphatic rings. The normalized spacial score (nSPS) is 10.1. The number of ether oxygens (including phenoxy) is 1. The highest BCUT2D eigenvalue weighted by atomic mass is 35.5. The molecule has 0 fully saturated rings. The summed E-state index contributed by atoms with van der Waals surface area (Å²) in [6, 6.07) is 8.48. The summed E-state index contributed by atoms with van der Waals surface area (Å²) in [6.07, 6.45) is 1.47. The summed E-state index contributed by atoms with van der Waals surface area (Å²) < 4.78 is 5.59. The number of aromatic nitrogens is 1. The minimum Gasteiger partial charge on any atom is -0.487 e. The van der Waals surface area contributed by atoms with E-state index in [4.69, 9.17) is 27.9 Å². The second kappa shape index (κ2) is 8.52. The summed E-state index contributed by atoms with van der Waals surface area (Å²) >= 11 is 12.1. The number of nitrogens with one attached hydrogen (secondary N) is 2. The van der Waals surface area contributed by atoms with E-state index in [2.05, 4.69) is 15.6 Å². The van der Waals surface area contributed by atoms with Crippen LogP contribution in [0.15, 0.2) is 36.5 Å². The molecular formula is C16H15Cl2N3O3. The molecule has 1 aromatic heterocycles. The van der Waals surface area contributed by atoms with Gasteiger partial charge >= 0.3 is 0 Å². The molecule has 0 bridgehead atoms. The van der Waals surface area contributed by atoms with Crippen molar-refractivity contribution in [1.29, 1.82) is 0 Å². The Morgan fingerprint density at radius 3 is 2.46 bits per heavy atom. The molecule has 1 heterocycles. The summed E-state index contributed by atoms with van der Waals surface area (Å²) in [5, 5.41) is 6.00. The molecule has 126 valence electrons. The first-order chi connectivity index (χ1) is 11.5. The minimum absolute atomic E-state index is 0.111. The highest BCUT2D eigenvalue weighted by Gasteiger charge is 2.07. The van der Waals surface area contributed by atoms with Gasteiger partial charge in [-0.1, -0.05) is 29.3 Å². The molecule has 6 nitrogen and oxygen atoms in total. The van der Waals surface area contributed by atoms with E-state index in [-0.39, 0.29) is 25.0 Å². The van der Waals surface area contributed by atoms with Crippen molar-refractivity contribution in [2.45, 2.75) is 13.5 Å². The Hall–Kier alpha value is -2.31. The van der Waals surface area contributed by atoms with E-state index in [1.165, 1.54) is 13.1 Å². The molecule has 2 aromatic rings. The van der Waals surface area contributed by atoms with Crippen molar-refractivity contribution < 1.29 is 14.3 Å². The first-order valence-corrected chi connectivity index (χ1v) is 7.77. The fourth-order valence-corrected chi connectivity index (χ4v) is 2.26. The first kappa shape index (κ1) is 18.0. The van der Waals surface area contributed by atoms with E-state index in [0.29, 0.717) is 27.2 Å². The predicted octanol–water partition coefficient (Wildman–Crippen LogP) is 3.04. The molecule has 0 aliphatic heterocycles. The maximum absolute atomic E-state index is 11.6. The van der Waals surface area contributed by atoms with Crippen molar-refractivity contribution in [3.8, 4) is 5.75 Å². The Balaban J connectivity index is 1.90. The van der Waals surface area contributed by atoms with Crippen molar-refractivity contribution in [3.05, 3.63) is 52.1 Å². The topological polar surface area (TPSA) is 80.3 Å².